The van der Waals surface area contributed by atoms with Crippen LogP contribution in [0.25, 0.3) is 0 Å². The minimum Gasteiger partial charge on any atom is 0 e. The molecule has 0 rings (SSSR count). The molecule has 0 aromatic heterocycles. The third-order valence-corrected chi connectivity index (χ3v) is 0.0430. The first kappa shape index (κ1) is 49.2. The van der Waals surface area contributed by atoms with Gasteiger partial charge in [0.2, 0.25) is 0 Å². The number of hydrogen-bond acceptors (Lipinski definition) is 3. The maximum absolute atomic E-state index is 8.70. The Kier molecular flexibility index (Phi) is 503. The van der Waals surface area contributed by atoms with Gasteiger partial charge in [0.15, 0.2) is 0 Å². The molecule has 8 heavy (non-hydrogen) atoms. The Bertz CT molecular complexity index is 32.5. The van der Waals surface area contributed by atoms with Crippen LogP contribution in [-0.2, 0) is 9.51 Å². The summed E-state index contributed by atoms with van der Waals surface area (Å²) in [6, 6.07) is 0. The average molecular weight is 129 g/mol. The molecule has 4 nitrogen and oxygen atoms in total. The Morgan fingerprint density at radius 3 is 1.62 bits per heavy atom. The molecule has 0 aliphatic carbocycles. The summed E-state index contributed by atoms with van der Waals surface area (Å²) >= 11 is 0. The Morgan fingerprint density at radius 1 is 1.50 bits per heavy atom. The quantitative estimate of drug-likeness (QED) is 0.324. The maximum Gasteiger partial charge on any atom is 1.00 e. The fraction of sp³-hybridized carbons (Fsp3) is 1.00. The monoisotopic (exact) mass is 129 g/mol. The third-order valence-electron chi connectivity index (χ3n) is 0.0430. The Labute approximate surface area is 54.0 Å². The predicted octanol–water partition coefficient (Wildman–Crippen LogP) is 0.883. The van der Waals surface area contributed by atoms with Crippen molar-refractivity contribution < 1.29 is 23.1 Å². The summed E-state index contributed by atoms with van der Waals surface area (Å²) < 4.78 is 8.70. The molecule has 3 N–H and O–H groups in total. The molecule has 5 heteroatoms. The number of rotatable bonds is 1. The van der Waals surface area contributed by atoms with Gasteiger partial charge in [-0.2, -0.15) is 0 Å². The first-order valence-corrected chi connectivity index (χ1v) is 0.654. The largest absolute Gasteiger partial charge is 1.00 e. The summed E-state index contributed by atoms with van der Waals surface area (Å²) in [5.74, 6) is 0. The van der Waals surface area contributed by atoms with Crippen molar-refractivity contribution >= 4 is 7.35 Å². The normalized spacial score (nSPS) is 2.12. The van der Waals surface area contributed by atoms with Crippen LogP contribution in [0.3, 0.4) is 0 Å². The predicted molar refractivity (Wildman–Crippen MR) is 37.2 cm³/mol. The first-order valence-electron chi connectivity index (χ1n) is 0.654. The molecule has 0 aliphatic rings. The zero-order valence-corrected chi connectivity index (χ0v) is 2.34. The van der Waals surface area contributed by atoms with E-state index in [1.54, 1.807) is 0 Å². The summed E-state index contributed by atoms with van der Waals surface area (Å²) in [6.07, 6.45) is 0. The summed E-state index contributed by atoms with van der Waals surface area (Å²) in [5.41, 5.74) is 0. The molecule has 0 aliphatic heterocycles. The summed E-state index contributed by atoms with van der Waals surface area (Å²) in [4.78, 5) is 2.86. The van der Waals surface area contributed by atoms with Crippen LogP contribution in [0.2, 0.25) is 0 Å². The minimum absolute atomic E-state index is 0. The van der Waals surface area contributed by atoms with Gasteiger partial charge in [0.1, 0.15) is 0 Å². The van der Waals surface area contributed by atoms with Gasteiger partial charge in [0.25, 0.3) is 0 Å². The second-order valence-corrected chi connectivity index (χ2v) is 0.202. The average Bonchev–Trinajstić information content (AvgIpc) is 1.37. The van der Waals surface area contributed by atoms with Gasteiger partial charge in [-0.25, -0.2) is 0 Å². The van der Waals surface area contributed by atoms with E-state index in [-0.39, 0.29) is 38.0 Å². The Hall–Kier alpha value is -0.415. The van der Waals surface area contributed by atoms with Crippen LogP contribution in [0.1, 0.15) is 25.1 Å². The van der Waals surface area contributed by atoms with Crippen LogP contribution >= 0.6 is 0 Å². The van der Waals surface area contributed by atoms with E-state index in [4.69, 9.17) is 9.96 Å². The summed E-state index contributed by atoms with van der Waals surface area (Å²) in [6.45, 7) is 0. The van der Waals surface area contributed by atoms with E-state index in [9.17, 15) is 0 Å². The van der Waals surface area contributed by atoms with Gasteiger partial charge < -0.3 is 5.48 Å². The van der Waals surface area contributed by atoms with Crippen molar-refractivity contribution in [3.05, 3.63) is 0 Å². The first-order chi connectivity index (χ1) is 1.91. The Balaban J connectivity index is -0.00000000300. The standard InChI is InChI=1S/3CH4.BHO3.H2O.H2/c;;;2-1-4-3;;/h3*1H4;3H;1H2;1H/p+1. The molecule has 0 radical (unpaired) electrons. The van der Waals surface area contributed by atoms with Crippen molar-refractivity contribution in [1.29, 1.82) is 0 Å². The molecule has 0 heterocycles. The molecule has 0 fully saturated rings. The van der Waals surface area contributed by atoms with Crippen molar-refractivity contribution in [2.75, 3.05) is 0 Å². The van der Waals surface area contributed by atoms with Crippen LogP contribution < -0.4 is 0 Å². The molecule has 0 amide bonds. The molecule has 0 spiro atoms. The molecular formula is C3H18BO4+. The van der Waals surface area contributed by atoms with Gasteiger partial charge in [-0.15, -0.1) is 0 Å². The SMILES string of the molecule is C.C.C.O.O=BOO.[H+].[HH]. The van der Waals surface area contributed by atoms with Crippen molar-refractivity contribution in [2.45, 2.75) is 22.3 Å². The van der Waals surface area contributed by atoms with E-state index in [1.807, 2.05) is 0 Å². The summed E-state index contributed by atoms with van der Waals surface area (Å²) in [5, 5.41) is 7.01. The molecule has 0 atom stereocenters. The van der Waals surface area contributed by atoms with Crippen LogP contribution in [0.15, 0.2) is 0 Å². The van der Waals surface area contributed by atoms with Gasteiger partial charge in [-0.3, -0.25) is 0 Å². The van der Waals surface area contributed by atoms with E-state index in [1.165, 1.54) is 0 Å². The van der Waals surface area contributed by atoms with Crippen molar-refractivity contribution in [2.24, 2.45) is 0 Å². The van der Waals surface area contributed by atoms with Gasteiger partial charge in [0, 0.05) is 1.43 Å². The Morgan fingerprint density at radius 2 is 1.62 bits per heavy atom. The fourth-order valence-corrected chi connectivity index (χ4v) is 0. The minimum atomic E-state index is -0.0694. The zero-order valence-electron chi connectivity index (χ0n) is 3.34. The van der Waals surface area contributed by atoms with E-state index < -0.39 is 0 Å². The van der Waals surface area contributed by atoms with E-state index in [0.29, 0.717) is 0 Å². The second-order valence-electron chi connectivity index (χ2n) is 0.202. The maximum atomic E-state index is 8.70. The molecular weight excluding hydrogens is 111 g/mol. The van der Waals surface area contributed by atoms with Gasteiger partial charge in [-0.05, 0) is 0 Å². The van der Waals surface area contributed by atoms with Crippen molar-refractivity contribution in [3.63, 3.8) is 0 Å². The summed E-state index contributed by atoms with van der Waals surface area (Å²) in [7, 11) is -0.0694. The topological polar surface area (TPSA) is 78.0 Å². The molecule has 0 aromatic carbocycles. The zero-order chi connectivity index (χ0) is 3.41. The molecule has 0 saturated heterocycles. The third kappa shape index (κ3) is 343. The van der Waals surface area contributed by atoms with Crippen LogP contribution in [0.5, 0.6) is 0 Å². The van der Waals surface area contributed by atoms with Crippen molar-refractivity contribution in [3.8, 4) is 0 Å². The molecule has 56 valence electrons. The van der Waals surface area contributed by atoms with Crippen LogP contribution in [0, 0.1) is 0 Å². The molecule has 0 saturated carbocycles. The van der Waals surface area contributed by atoms with E-state index >= 15 is 0 Å². The number of hydrogen-bond donors (Lipinski definition) is 1. The van der Waals surface area contributed by atoms with Gasteiger partial charge >= 0.3 is 23.5 Å². The smallest absolute Gasteiger partial charge is 0 e. The van der Waals surface area contributed by atoms with E-state index in [2.05, 4.69) is 4.81 Å². The molecule has 0 unspecified atom stereocenters. The van der Waals surface area contributed by atoms with Gasteiger partial charge in [0.05, 0.1) is 0 Å². The van der Waals surface area contributed by atoms with Crippen molar-refractivity contribution in [1.82, 2.24) is 0 Å². The van der Waals surface area contributed by atoms with Gasteiger partial charge in [-0.1, -0.05) is 22.3 Å². The van der Waals surface area contributed by atoms with Crippen LogP contribution in [-0.4, -0.2) is 18.1 Å². The van der Waals surface area contributed by atoms with E-state index in [0.717, 1.165) is 0 Å². The molecule has 0 bridgehead atoms. The van der Waals surface area contributed by atoms with Crippen LogP contribution in [0.4, 0.5) is 0 Å². The fourth-order valence-electron chi connectivity index (χ4n) is 0. The molecule has 0 aromatic rings. The second kappa shape index (κ2) is 81.8.